The monoisotopic (exact) mass is 342 g/mol. The molecule has 0 aliphatic heterocycles. The molecule has 0 amide bonds. The van der Waals surface area contributed by atoms with Crippen molar-refractivity contribution < 1.29 is 13.3 Å². The quantitative estimate of drug-likeness (QED) is 0.455. The van der Waals surface area contributed by atoms with Crippen molar-refractivity contribution in [3.8, 4) is 6.07 Å². The van der Waals surface area contributed by atoms with Crippen molar-refractivity contribution in [2.45, 2.75) is 16.1 Å². The molecule has 0 bridgehead atoms. The number of rotatable bonds is 6. The van der Waals surface area contributed by atoms with Crippen LogP contribution >= 0.6 is 0 Å². The molecule has 2 aromatic rings. The van der Waals surface area contributed by atoms with Crippen LogP contribution in [0.3, 0.4) is 0 Å². The van der Waals surface area contributed by atoms with E-state index in [-0.39, 0.29) is 17.0 Å². The molecule has 7 heteroatoms. The van der Waals surface area contributed by atoms with E-state index in [2.05, 4.69) is 6.58 Å². The smallest absolute Gasteiger partial charge is 0.258 e. The maximum Gasteiger partial charge on any atom is 0.269 e. The number of nitriles is 1. The fraction of sp³-hybridized carbons (Fsp3) is 0.118. The van der Waals surface area contributed by atoms with Crippen molar-refractivity contribution in [2.24, 2.45) is 0 Å². The summed E-state index contributed by atoms with van der Waals surface area (Å²) in [5.41, 5.74) is 0.102. The Kier molecular flexibility index (Phi) is 4.81. The van der Waals surface area contributed by atoms with Crippen molar-refractivity contribution in [3.63, 3.8) is 0 Å². The van der Waals surface area contributed by atoms with E-state index in [1.807, 2.05) is 6.07 Å². The van der Waals surface area contributed by atoms with Gasteiger partial charge < -0.3 is 0 Å². The van der Waals surface area contributed by atoms with Gasteiger partial charge in [-0.05, 0) is 17.7 Å². The molecule has 0 saturated carbocycles. The average Bonchev–Trinajstić information content (AvgIpc) is 2.60. The molecule has 1 atom stereocenters. The van der Waals surface area contributed by atoms with Gasteiger partial charge in [-0.3, -0.25) is 10.1 Å². The van der Waals surface area contributed by atoms with Gasteiger partial charge in [0.2, 0.25) is 9.84 Å². The zero-order valence-corrected chi connectivity index (χ0v) is 13.4. The lowest BCUT2D eigenvalue weighted by Gasteiger charge is -2.26. The number of hydrogen-bond donors (Lipinski definition) is 0. The molecule has 24 heavy (non-hydrogen) atoms. The maximum atomic E-state index is 13.1. The number of hydrogen-bond acceptors (Lipinski definition) is 5. The highest BCUT2D eigenvalue weighted by atomic mass is 32.2. The molecule has 0 aliphatic rings. The van der Waals surface area contributed by atoms with Gasteiger partial charge in [0.15, 0.2) is 4.75 Å². The van der Waals surface area contributed by atoms with E-state index in [1.54, 1.807) is 30.3 Å². The summed E-state index contributed by atoms with van der Waals surface area (Å²) in [6.45, 7) is 3.56. The molecule has 122 valence electrons. The molecule has 0 saturated heterocycles. The molecular weight excluding hydrogens is 328 g/mol. The molecule has 0 aromatic heterocycles. The Balaban J connectivity index is 2.67. The predicted molar refractivity (Wildman–Crippen MR) is 88.8 cm³/mol. The zero-order chi connectivity index (χ0) is 17.8. The summed E-state index contributed by atoms with van der Waals surface area (Å²) < 4.78 is 24.4. The average molecular weight is 342 g/mol. The lowest BCUT2D eigenvalue weighted by molar-refractivity contribution is -0.384. The third-order valence-corrected chi connectivity index (χ3v) is 5.97. The molecule has 0 spiro atoms. The zero-order valence-electron chi connectivity index (χ0n) is 12.6. The number of sulfone groups is 1. The van der Waals surface area contributed by atoms with Crippen molar-refractivity contribution in [1.29, 1.82) is 5.26 Å². The van der Waals surface area contributed by atoms with Gasteiger partial charge in [-0.2, -0.15) is 5.26 Å². The van der Waals surface area contributed by atoms with E-state index < -0.39 is 19.5 Å². The van der Waals surface area contributed by atoms with Gasteiger partial charge in [0.05, 0.1) is 15.9 Å². The largest absolute Gasteiger partial charge is 0.269 e. The first-order valence-electron chi connectivity index (χ1n) is 6.96. The molecule has 1 unspecified atom stereocenters. The Bertz CT molecular complexity index is 900. The Morgan fingerprint density at radius 2 is 1.75 bits per heavy atom. The Morgan fingerprint density at radius 3 is 2.21 bits per heavy atom. The highest BCUT2D eigenvalue weighted by molar-refractivity contribution is 7.92. The third kappa shape index (κ3) is 2.79. The fourth-order valence-corrected chi connectivity index (χ4v) is 4.21. The van der Waals surface area contributed by atoms with Gasteiger partial charge in [0.25, 0.3) is 5.69 Å². The molecule has 0 radical (unpaired) electrons. The molecule has 0 N–H and O–H groups in total. The van der Waals surface area contributed by atoms with E-state index in [0.717, 1.165) is 24.3 Å². The second kappa shape index (κ2) is 6.64. The predicted octanol–water partition coefficient (Wildman–Crippen LogP) is 3.36. The van der Waals surface area contributed by atoms with Crippen LogP contribution in [0.4, 0.5) is 5.69 Å². The van der Waals surface area contributed by atoms with Crippen molar-refractivity contribution in [3.05, 3.63) is 82.9 Å². The van der Waals surface area contributed by atoms with Crippen molar-refractivity contribution >= 4 is 15.5 Å². The summed E-state index contributed by atoms with van der Waals surface area (Å²) in [4.78, 5) is 9.96. The van der Waals surface area contributed by atoms with Gasteiger partial charge in [-0.15, -0.1) is 6.58 Å². The number of nitro groups is 1. The van der Waals surface area contributed by atoms with Gasteiger partial charge in [0, 0.05) is 18.6 Å². The molecular formula is C17H14N2O4S. The minimum Gasteiger partial charge on any atom is -0.258 e. The summed E-state index contributed by atoms with van der Waals surface area (Å²) in [5.74, 6) is 0. The first-order valence-corrected chi connectivity index (χ1v) is 8.44. The topological polar surface area (TPSA) is 101 Å². The van der Waals surface area contributed by atoms with Crippen LogP contribution in [0.5, 0.6) is 0 Å². The second-order valence-electron chi connectivity index (χ2n) is 5.05. The lowest BCUT2D eigenvalue weighted by Crippen LogP contribution is -2.34. The Hall–Kier alpha value is -2.98. The third-order valence-electron chi connectivity index (χ3n) is 3.67. The number of benzene rings is 2. The van der Waals surface area contributed by atoms with Gasteiger partial charge in [0.1, 0.15) is 0 Å². The molecule has 0 heterocycles. The summed E-state index contributed by atoms with van der Waals surface area (Å²) in [7, 11) is -4.13. The molecule has 2 aromatic carbocycles. The van der Waals surface area contributed by atoms with Crippen LogP contribution in [0, 0.1) is 21.4 Å². The number of nitrogens with zero attached hydrogens (tertiary/aromatic N) is 2. The van der Waals surface area contributed by atoms with E-state index in [1.165, 1.54) is 6.08 Å². The summed E-state index contributed by atoms with van der Waals surface area (Å²) >= 11 is 0. The van der Waals surface area contributed by atoms with Crippen LogP contribution in [0.25, 0.3) is 0 Å². The summed E-state index contributed by atoms with van der Waals surface area (Å²) in [6, 6.07) is 14.6. The van der Waals surface area contributed by atoms with Crippen molar-refractivity contribution in [2.75, 3.05) is 0 Å². The normalized spacial score (nSPS) is 13.5. The first-order chi connectivity index (χ1) is 11.4. The van der Waals surface area contributed by atoms with Crippen LogP contribution in [0.1, 0.15) is 12.0 Å². The van der Waals surface area contributed by atoms with E-state index in [9.17, 15) is 23.8 Å². The molecule has 2 rings (SSSR count). The van der Waals surface area contributed by atoms with E-state index >= 15 is 0 Å². The van der Waals surface area contributed by atoms with Crippen molar-refractivity contribution in [1.82, 2.24) is 0 Å². The highest BCUT2D eigenvalue weighted by Crippen LogP contribution is 2.38. The summed E-state index contributed by atoms with van der Waals surface area (Å²) in [5, 5.41) is 20.4. The van der Waals surface area contributed by atoms with Crippen LogP contribution in [-0.2, 0) is 14.6 Å². The maximum absolute atomic E-state index is 13.1. The highest BCUT2D eigenvalue weighted by Gasteiger charge is 2.46. The van der Waals surface area contributed by atoms with E-state index in [4.69, 9.17) is 0 Å². The van der Waals surface area contributed by atoms with Crippen LogP contribution in [-0.4, -0.2) is 13.3 Å². The number of non-ortho nitro benzene ring substituents is 1. The minimum atomic E-state index is -4.13. The first kappa shape index (κ1) is 17.4. The van der Waals surface area contributed by atoms with Gasteiger partial charge >= 0.3 is 0 Å². The SMILES string of the molecule is C=CCC(C#N)(c1ccccc1)S(=O)(=O)c1ccc([N+](=O)[O-])cc1. The minimum absolute atomic E-state index is 0.104. The van der Waals surface area contributed by atoms with Gasteiger partial charge in [-0.25, -0.2) is 8.42 Å². The lowest BCUT2D eigenvalue weighted by atomic mass is 9.96. The van der Waals surface area contributed by atoms with Crippen LogP contribution < -0.4 is 0 Å². The number of allylic oxidation sites excluding steroid dienone is 1. The second-order valence-corrected chi connectivity index (χ2v) is 7.23. The molecule has 0 aliphatic carbocycles. The number of nitro benzene ring substituents is 1. The van der Waals surface area contributed by atoms with Crippen LogP contribution in [0.2, 0.25) is 0 Å². The molecule has 6 nitrogen and oxygen atoms in total. The van der Waals surface area contributed by atoms with Crippen LogP contribution in [0.15, 0.2) is 72.1 Å². The van der Waals surface area contributed by atoms with E-state index in [0.29, 0.717) is 5.56 Å². The van der Waals surface area contributed by atoms with Gasteiger partial charge in [-0.1, -0.05) is 36.4 Å². The summed E-state index contributed by atoms with van der Waals surface area (Å²) in [6.07, 6.45) is 1.27. The standard InChI is InChI=1S/C17H14N2O4S/c1-2-12-17(13-18,14-6-4-3-5-7-14)24(22,23)16-10-8-15(9-11-16)19(20)21/h2-11H,1,12H2. The Morgan fingerprint density at radius 1 is 1.17 bits per heavy atom. The fourth-order valence-electron chi connectivity index (χ4n) is 2.41. The molecule has 0 fully saturated rings. The Labute approximate surface area is 139 Å².